The average molecular weight is 346 g/mol. The molecule has 0 unspecified atom stereocenters. The number of ether oxygens (including phenoxy) is 2. The van der Waals surface area contributed by atoms with Gasteiger partial charge in [0.15, 0.2) is 0 Å². The fourth-order valence-corrected chi connectivity index (χ4v) is 5.60. The second-order valence-electron chi connectivity index (χ2n) is 9.03. The van der Waals surface area contributed by atoms with E-state index in [1.807, 2.05) is 13.8 Å². The molecule has 0 spiro atoms. The Morgan fingerprint density at radius 3 is 2.52 bits per heavy atom. The lowest BCUT2D eigenvalue weighted by Gasteiger charge is -2.56. The molecular weight excluding hydrogens is 316 g/mol. The summed E-state index contributed by atoms with van der Waals surface area (Å²) in [4.78, 5) is 25.3. The van der Waals surface area contributed by atoms with Gasteiger partial charge in [0.1, 0.15) is 0 Å². The summed E-state index contributed by atoms with van der Waals surface area (Å²) < 4.78 is 10.8. The van der Waals surface area contributed by atoms with Gasteiger partial charge in [-0.25, -0.2) is 9.59 Å². The second kappa shape index (κ2) is 5.72. The quantitative estimate of drug-likeness (QED) is 0.703. The predicted molar refractivity (Wildman–Crippen MR) is 95.7 cm³/mol. The van der Waals surface area contributed by atoms with Crippen molar-refractivity contribution in [3.8, 4) is 0 Å². The molecular formula is C21H30O4. The highest BCUT2D eigenvalue weighted by atomic mass is 16.6. The minimum absolute atomic E-state index is 0.112. The molecule has 25 heavy (non-hydrogen) atoms. The van der Waals surface area contributed by atoms with Crippen LogP contribution in [0.2, 0.25) is 0 Å². The molecule has 4 heteroatoms. The Kier molecular flexibility index (Phi) is 4.17. The normalized spacial score (nSPS) is 36.6. The van der Waals surface area contributed by atoms with E-state index in [9.17, 15) is 9.59 Å². The maximum atomic E-state index is 12.8. The Bertz CT molecular complexity index is 669. The number of cyclic esters (lactones) is 1. The molecule has 0 N–H and O–H groups in total. The highest BCUT2D eigenvalue weighted by Crippen LogP contribution is 2.62. The Hall–Kier alpha value is -1.58. The first-order valence-electron chi connectivity index (χ1n) is 9.34. The van der Waals surface area contributed by atoms with Gasteiger partial charge in [0, 0.05) is 17.6 Å². The van der Waals surface area contributed by atoms with Crippen LogP contribution in [-0.4, -0.2) is 24.6 Å². The molecule has 3 atom stereocenters. The molecule has 0 aromatic heterocycles. The van der Waals surface area contributed by atoms with Gasteiger partial charge in [-0.2, -0.15) is 0 Å². The van der Waals surface area contributed by atoms with Gasteiger partial charge < -0.3 is 9.47 Å². The van der Waals surface area contributed by atoms with Gasteiger partial charge >= 0.3 is 11.9 Å². The molecule has 4 nitrogen and oxygen atoms in total. The van der Waals surface area contributed by atoms with Gasteiger partial charge in [-0.1, -0.05) is 47.1 Å². The highest BCUT2D eigenvalue weighted by molar-refractivity contribution is 5.96. The first-order valence-corrected chi connectivity index (χ1v) is 9.34. The number of allylic oxidation sites excluding steroid dienone is 1. The fourth-order valence-electron chi connectivity index (χ4n) is 5.60. The number of methoxy groups -OCH3 is 1. The van der Waals surface area contributed by atoms with Crippen LogP contribution in [-0.2, 0) is 19.1 Å². The van der Waals surface area contributed by atoms with Gasteiger partial charge in [0.2, 0.25) is 5.60 Å². The van der Waals surface area contributed by atoms with E-state index in [1.165, 1.54) is 13.5 Å². The minimum atomic E-state index is -1.33. The zero-order chi connectivity index (χ0) is 18.6. The molecule has 1 saturated carbocycles. The molecule has 0 amide bonds. The zero-order valence-corrected chi connectivity index (χ0v) is 16.3. The minimum Gasteiger partial charge on any atom is -0.466 e. The first kappa shape index (κ1) is 18.2. The van der Waals surface area contributed by atoms with Gasteiger partial charge in [0.25, 0.3) is 0 Å². The summed E-state index contributed by atoms with van der Waals surface area (Å²) in [6.45, 7) is 10.7. The summed E-state index contributed by atoms with van der Waals surface area (Å²) in [6.07, 6.45) is 8.02. The van der Waals surface area contributed by atoms with Crippen LogP contribution >= 0.6 is 0 Å². The van der Waals surface area contributed by atoms with Crippen molar-refractivity contribution < 1.29 is 19.1 Å². The van der Waals surface area contributed by atoms with Crippen LogP contribution in [0.15, 0.2) is 23.3 Å². The largest absolute Gasteiger partial charge is 0.466 e. The van der Waals surface area contributed by atoms with E-state index in [0.717, 1.165) is 30.4 Å². The van der Waals surface area contributed by atoms with Crippen molar-refractivity contribution in [2.75, 3.05) is 7.11 Å². The van der Waals surface area contributed by atoms with Crippen molar-refractivity contribution in [2.45, 2.75) is 65.9 Å². The fraction of sp³-hybridized carbons (Fsp3) is 0.714. The third-order valence-corrected chi connectivity index (χ3v) is 6.92. The van der Waals surface area contributed by atoms with Gasteiger partial charge in [-0.05, 0) is 41.6 Å². The summed E-state index contributed by atoms with van der Waals surface area (Å²) in [5, 5.41) is 0. The van der Waals surface area contributed by atoms with Crippen molar-refractivity contribution >= 4 is 11.9 Å². The van der Waals surface area contributed by atoms with Crippen LogP contribution in [0, 0.1) is 22.7 Å². The lowest BCUT2D eigenvalue weighted by molar-refractivity contribution is -0.180. The van der Waals surface area contributed by atoms with E-state index < -0.39 is 17.5 Å². The van der Waals surface area contributed by atoms with Crippen LogP contribution in [0.4, 0.5) is 0 Å². The van der Waals surface area contributed by atoms with Crippen molar-refractivity contribution in [3.05, 3.63) is 23.3 Å². The molecule has 1 aliphatic heterocycles. The van der Waals surface area contributed by atoms with E-state index >= 15 is 0 Å². The molecule has 1 heterocycles. The van der Waals surface area contributed by atoms with E-state index in [0.29, 0.717) is 5.92 Å². The van der Waals surface area contributed by atoms with Crippen molar-refractivity contribution in [1.82, 2.24) is 0 Å². The Balaban J connectivity index is 2.21. The van der Waals surface area contributed by atoms with Gasteiger partial charge in [-0.3, -0.25) is 0 Å². The van der Waals surface area contributed by atoms with Crippen LogP contribution in [0.1, 0.15) is 60.3 Å². The van der Waals surface area contributed by atoms with Gasteiger partial charge in [-0.15, -0.1) is 0 Å². The van der Waals surface area contributed by atoms with Crippen molar-refractivity contribution in [3.63, 3.8) is 0 Å². The number of rotatable bonds is 2. The van der Waals surface area contributed by atoms with E-state index in [-0.39, 0.29) is 16.7 Å². The predicted octanol–water partition coefficient (Wildman–Crippen LogP) is 4.20. The third-order valence-electron chi connectivity index (χ3n) is 6.92. The molecule has 3 rings (SSSR count). The van der Waals surface area contributed by atoms with E-state index in [2.05, 4.69) is 26.8 Å². The monoisotopic (exact) mass is 346 g/mol. The van der Waals surface area contributed by atoms with Crippen LogP contribution < -0.4 is 0 Å². The number of carbonyl (C=O) groups is 2. The Labute approximate surface area is 150 Å². The summed E-state index contributed by atoms with van der Waals surface area (Å²) in [5.41, 5.74) is 0.616. The molecule has 2 aliphatic carbocycles. The summed E-state index contributed by atoms with van der Waals surface area (Å²) in [6, 6.07) is 0. The van der Waals surface area contributed by atoms with Crippen LogP contribution in [0.25, 0.3) is 0 Å². The second-order valence-corrected chi connectivity index (χ2v) is 9.03. The maximum Gasteiger partial charge on any atom is 0.355 e. The zero-order valence-electron chi connectivity index (χ0n) is 16.3. The lowest BCUT2D eigenvalue weighted by Crippen LogP contribution is -2.56. The first-order chi connectivity index (χ1) is 11.6. The SMILES string of the molecule is COC(=O)[C@]1(C(C)C)OC(=O)C=C2C1=CC[C@H]1C(C)(C)CCC[C@]21C. The molecule has 0 aromatic carbocycles. The third kappa shape index (κ3) is 2.40. The molecule has 0 radical (unpaired) electrons. The number of fused-ring (bicyclic) bond motifs is 3. The summed E-state index contributed by atoms with van der Waals surface area (Å²) >= 11 is 0. The smallest absolute Gasteiger partial charge is 0.355 e. The van der Waals surface area contributed by atoms with E-state index in [4.69, 9.17) is 9.47 Å². The molecule has 0 bridgehead atoms. The molecule has 0 aromatic rings. The maximum absolute atomic E-state index is 12.8. The number of carbonyl (C=O) groups excluding carboxylic acids is 2. The number of esters is 2. The summed E-state index contributed by atoms with van der Waals surface area (Å²) in [7, 11) is 1.36. The highest BCUT2D eigenvalue weighted by Gasteiger charge is 2.60. The molecule has 138 valence electrons. The van der Waals surface area contributed by atoms with E-state index in [1.54, 1.807) is 6.08 Å². The van der Waals surface area contributed by atoms with Crippen LogP contribution in [0.5, 0.6) is 0 Å². The standard InChI is InChI=1S/C21H30O4/c1-13(2)21(18(23)24-6)14-8-9-16-19(3,4)10-7-11-20(16,5)15(14)12-17(22)25-21/h8,12-13,16H,7,9-11H2,1-6H3/t16-,20+,21+/m0/s1. The average Bonchev–Trinajstić information content (AvgIpc) is 2.52. The molecule has 3 aliphatic rings. The summed E-state index contributed by atoms with van der Waals surface area (Å²) in [5.74, 6) is -0.658. The lowest BCUT2D eigenvalue weighted by atomic mass is 9.49. The van der Waals surface area contributed by atoms with Crippen molar-refractivity contribution in [1.29, 1.82) is 0 Å². The Morgan fingerprint density at radius 1 is 1.24 bits per heavy atom. The topological polar surface area (TPSA) is 52.6 Å². The number of hydrogen-bond acceptors (Lipinski definition) is 4. The van der Waals surface area contributed by atoms with Crippen LogP contribution in [0.3, 0.4) is 0 Å². The molecule has 1 fully saturated rings. The number of hydrogen-bond donors (Lipinski definition) is 0. The van der Waals surface area contributed by atoms with Gasteiger partial charge in [0.05, 0.1) is 7.11 Å². The Morgan fingerprint density at radius 2 is 1.92 bits per heavy atom. The molecule has 0 saturated heterocycles. The van der Waals surface area contributed by atoms with Crippen molar-refractivity contribution in [2.24, 2.45) is 22.7 Å².